The van der Waals surface area contributed by atoms with Crippen molar-refractivity contribution in [3.8, 4) is 0 Å². The first kappa shape index (κ1) is 10.4. The Morgan fingerprint density at radius 3 is 2.58 bits per heavy atom. The van der Waals surface area contributed by atoms with Gasteiger partial charge in [-0.25, -0.2) is 0 Å². The molecule has 0 unspecified atom stereocenters. The van der Waals surface area contributed by atoms with Gasteiger partial charge in [0.15, 0.2) is 0 Å². The number of nitrogens with one attached hydrogen (secondary N) is 2. The molecule has 0 saturated carbocycles. The molecular weight excluding hydrogens is 234 g/mol. The number of fused-ring (bicyclic) bond motifs is 3. The van der Waals surface area contributed by atoms with E-state index in [0.717, 1.165) is 28.3 Å². The maximum absolute atomic E-state index is 4.61. The Labute approximate surface area is 111 Å². The van der Waals surface area contributed by atoms with Gasteiger partial charge >= 0.3 is 0 Å². The van der Waals surface area contributed by atoms with Crippen LogP contribution in [0.25, 0.3) is 10.9 Å². The molecule has 0 aliphatic carbocycles. The zero-order chi connectivity index (χ0) is 12.7. The number of rotatable bonds is 1. The topological polar surface area (TPSA) is 40.2 Å². The van der Waals surface area contributed by atoms with E-state index in [1.165, 1.54) is 5.39 Å². The van der Waals surface area contributed by atoms with Gasteiger partial charge in [0.05, 0.1) is 17.9 Å². The van der Waals surface area contributed by atoms with Crippen molar-refractivity contribution in [2.24, 2.45) is 4.99 Å². The minimum absolute atomic E-state index is 0.696. The molecule has 4 rings (SSSR count). The van der Waals surface area contributed by atoms with Crippen molar-refractivity contribution >= 4 is 22.4 Å². The number of amidine groups is 1. The number of hydrogen-bond donors (Lipinski definition) is 2. The molecule has 3 nitrogen and oxygen atoms in total. The predicted octanol–water partition coefficient (Wildman–Crippen LogP) is 3.54. The molecule has 2 aromatic carbocycles. The molecule has 2 heterocycles. The van der Waals surface area contributed by atoms with Gasteiger partial charge in [-0.05, 0) is 6.07 Å². The van der Waals surface area contributed by atoms with Crippen LogP contribution in [0, 0.1) is 0 Å². The number of nitrogens with zero attached hydrogens (tertiary/aromatic N) is 1. The maximum Gasteiger partial charge on any atom is 0.133 e. The van der Waals surface area contributed by atoms with Crippen LogP contribution < -0.4 is 5.32 Å². The number of anilines is 1. The van der Waals surface area contributed by atoms with Crippen LogP contribution in [0.3, 0.4) is 0 Å². The molecule has 1 aliphatic rings. The molecule has 0 amide bonds. The summed E-state index contributed by atoms with van der Waals surface area (Å²) in [6, 6.07) is 18.6. The lowest BCUT2D eigenvalue weighted by Gasteiger charge is -2.15. The third-order valence-electron chi connectivity index (χ3n) is 3.47. The van der Waals surface area contributed by atoms with Crippen molar-refractivity contribution in [2.75, 3.05) is 5.32 Å². The fourth-order valence-electron chi connectivity index (χ4n) is 2.53. The third-order valence-corrected chi connectivity index (χ3v) is 3.47. The lowest BCUT2D eigenvalue weighted by atomic mass is 10.1. The van der Waals surface area contributed by atoms with Gasteiger partial charge < -0.3 is 10.3 Å². The van der Waals surface area contributed by atoms with Gasteiger partial charge in [0, 0.05) is 16.5 Å². The number of para-hydroxylation sites is 1. The first-order valence-corrected chi connectivity index (χ1v) is 6.38. The minimum atomic E-state index is 0.696. The molecule has 0 saturated heterocycles. The lowest BCUT2D eigenvalue weighted by molar-refractivity contribution is 1.00. The van der Waals surface area contributed by atoms with Crippen molar-refractivity contribution in [3.05, 3.63) is 65.9 Å². The number of aromatic nitrogens is 1. The average Bonchev–Trinajstić information content (AvgIpc) is 2.86. The van der Waals surface area contributed by atoms with E-state index in [4.69, 9.17) is 0 Å². The van der Waals surface area contributed by atoms with Crippen molar-refractivity contribution in [3.63, 3.8) is 0 Å². The summed E-state index contributed by atoms with van der Waals surface area (Å²) in [5.74, 6) is 0.942. The molecule has 3 heteroatoms. The van der Waals surface area contributed by atoms with Gasteiger partial charge in [0.1, 0.15) is 5.84 Å². The van der Waals surface area contributed by atoms with E-state index in [0.29, 0.717) is 6.54 Å². The van der Waals surface area contributed by atoms with Crippen molar-refractivity contribution in [1.82, 2.24) is 4.98 Å². The summed E-state index contributed by atoms with van der Waals surface area (Å²) in [5.41, 5.74) is 4.59. The lowest BCUT2D eigenvalue weighted by Crippen LogP contribution is -2.18. The Bertz CT molecular complexity index is 769. The summed E-state index contributed by atoms with van der Waals surface area (Å²) in [6.07, 6.45) is 0. The first-order valence-electron chi connectivity index (χ1n) is 6.38. The Morgan fingerprint density at radius 1 is 0.895 bits per heavy atom. The van der Waals surface area contributed by atoms with E-state index in [-0.39, 0.29) is 0 Å². The van der Waals surface area contributed by atoms with Gasteiger partial charge in [-0.3, -0.25) is 4.99 Å². The summed E-state index contributed by atoms with van der Waals surface area (Å²) >= 11 is 0. The zero-order valence-corrected chi connectivity index (χ0v) is 10.4. The molecule has 0 radical (unpaired) electrons. The molecule has 1 aliphatic heterocycles. The molecule has 2 N–H and O–H groups in total. The third kappa shape index (κ3) is 1.63. The van der Waals surface area contributed by atoms with E-state index >= 15 is 0 Å². The zero-order valence-electron chi connectivity index (χ0n) is 10.4. The Morgan fingerprint density at radius 2 is 1.68 bits per heavy atom. The number of aromatic amines is 1. The van der Waals surface area contributed by atoms with Crippen molar-refractivity contribution < 1.29 is 0 Å². The van der Waals surface area contributed by atoms with E-state index < -0.39 is 0 Å². The van der Waals surface area contributed by atoms with E-state index in [1.54, 1.807) is 0 Å². The normalized spacial score (nSPS) is 13.8. The second kappa shape index (κ2) is 3.99. The average molecular weight is 247 g/mol. The Kier molecular flexibility index (Phi) is 2.18. The Hall–Kier alpha value is -2.55. The minimum Gasteiger partial charge on any atom is -0.355 e. The number of H-pyrrole nitrogens is 1. The molecule has 1 aromatic heterocycles. The summed E-state index contributed by atoms with van der Waals surface area (Å²) < 4.78 is 0. The van der Waals surface area contributed by atoms with E-state index in [2.05, 4.69) is 45.6 Å². The van der Waals surface area contributed by atoms with Gasteiger partial charge in [-0.15, -0.1) is 0 Å². The molecule has 92 valence electrons. The van der Waals surface area contributed by atoms with Gasteiger partial charge in [0.2, 0.25) is 0 Å². The summed E-state index contributed by atoms with van der Waals surface area (Å²) in [5, 5.41) is 4.68. The molecule has 0 bridgehead atoms. The van der Waals surface area contributed by atoms with Gasteiger partial charge in [-0.2, -0.15) is 0 Å². The van der Waals surface area contributed by atoms with Crippen LogP contribution in [0.5, 0.6) is 0 Å². The van der Waals surface area contributed by atoms with Gasteiger partial charge in [-0.1, -0.05) is 48.5 Å². The molecular formula is C16H13N3. The number of aliphatic imine (C=N–C) groups is 1. The summed E-state index contributed by atoms with van der Waals surface area (Å²) in [7, 11) is 0. The summed E-state index contributed by atoms with van der Waals surface area (Å²) in [4.78, 5) is 8.03. The summed E-state index contributed by atoms with van der Waals surface area (Å²) in [6.45, 7) is 0.696. The van der Waals surface area contributed by atoms with E-state index in [1.807, 2.05) is 24.3 Å². The first-order chi connectivity index (χ1) is 9.42. The highest BCUT2D eigenvalue weighted by atomic mass is 15.1. The highest BCUT2D eigenvalue weighted by Gasteiger charge is 2.17. The van der Waals surface area contributed by atoms with Crippen LogP contribution in [-0.4, -0.2) is 10.8 Å². The van der Waals surface area contributed by atoms with Crippen LogP contribution in [0.1, 0.15) is 11.3 Å². The standard InChI is InChI=1S/C16H13N3/c1-2-6-11(7-3-1)16-17-10-14-15(19-16)12-8-4-5-9-13(12)18-14/h1-9,18H,10H2,(H,17,19). The van der Waals surface area contributed by atoms with Crippen LogP contribution >= 0.6 is 0 Å². The van der Waals surface area contributed by atoms with Crippen molar-refractivity contribution in [2.45, 2.75) is 6.54 Å². The largest absolute Gasteiger partial charge is 0.355 e. The molecule has 0 atom stereocenters. The fourth-order valence-corrected chi connectivity index (χ4v) is 2.53. The number of benzene rings is 2. The molecule has 3 aromatic rings. The van der Waals surface area contributed by atoms with Crippen molar-refractivity contribution in [1.29, 1.82) is 0 Å². The second-order valence-corrected chi connectivity index (χ2v) is 4.68. The van der Waals surface area contributed by atoms with E-state index in [9.17, 15) is 0 Å². The predicted molar refractivity (Wildman–Crippen MR) is 78.6 cm³/mol. The van der Waals surface area contributed by atoms with Crippen LogP contribution in [0.2, 0.25) is 0 Å². The monoisotopic (exact) mass is 247 g/mol. The molecule has 0 spiro atoms. The van der Waals surface area contributed by atoms with Crippen LogP contribution in [0.15, 0.2) is 59.6 Å². The highest BCUT2D eigenvalue weighted by Crippen LogP contribution is 2.31. The number of hydrogen-bond acceptors (Lipinski definition) is 2. The quantitative estimate of drug-likeness (QED) is 0.678. The molecule has 0 fully saturated rings. The SMILES string of the molecule is c1ccc(C2=NCc3[nH]c4ccccc4c3N2)cc1. The highest BCUT2D eigenvalue weighted by molar-refractivity contribution is 6.13. The van der Waals surface area contributed by atoms with Gasteiger partial charge in [0.25, 0.3) is 0 Å². The smallest absolute Gasteiger partial charge is 0.133 e. The van der Waals surface area contributed by atoms with Crippen LogP contribution in [0.4, 0.5) is 5.69 Å². The Balaban J connectivity index is 1.81. The van der Waals surface area contributed by atoms with Crippen LogP contribution in [-0.2, 0) is 6.54 Å². The molecule has 19 heavy (non-hydrogen) atoms. The maximum atomic E-state index is 4.61. The fraction of sp³-hybridized carbons (Fsp3) is 0.0625. The second-order valence-electron chi connectivity index (χ2n) is 4.68.